The topological polar surface area (TPSA) is 76.1 Å². The predicted molar refractivity (Wildman–Crippen MR) is 79.8 cm³/mol. The van der Waals surface area contributed by atoms with Crippen LogP contribution in [-0.4, -0.2) is 21.5 Å². The molecular weight excluding hydrogens is 228 g/mol. The van der Waals surface area contributed by atoms with Crippen molar-refractivity contribution in [3.63, 3.8) is 0 Å². The molecule has 0 radical (unpaired) electrons. The van der Waals surface area contributed by atoms with E-state index in [2.05, 4.69) is 17.5 Å². The van der Waals surface area contributed by atoms with Crippen LogP contribution >= 0.6 is 0 Å². The van der Waals surface area contributed by atoms with Gasteiger partial charge in [-0.05, 0) is 13.3 Å². The molecule has 0 saturated heterocycles. The Balaban J connectivity index is -0.000000266. The first-order valence-corrected chi connectivity index (χ1v) is 6.74. The second-order valence-electron chi connectivity index (χ2n) is 4.51. The molecule has 0 spiro atoms. The van der Waals surface area contributed by atoms with Gasteiger partial charge >= 0.3 is 0 Å². The van der Waals surface area contributed by atoms with Gasteiger partial charge in [0.1, 0.15) is 5.82 Å². The zero-order valence-corrected chi connectivity index (χ0v) is 11.9. The number of nitrogen functional groups attached to an aromatic ring is 1. The van der Waals surface area contributed by atoms with Crippen molar-refractivity contribution in [2.24, 2.45) is 7.05 Å². The number of unbranched alkanes of at least 4 members (excludes halogenated alkanes) is 5. The van der Waals surface area contributed by atoms with Crippen LogP contribution in [0.5, 0.6) is 0 Å². The first kappa shape index (κ1) is 16.9. The minimum absolute atomic E-state index is 0. The molecule has 0 bridgehead atoms. The number of hydrogen-bond donors (Lipinski definition) is 3. The van der Waals surface area contributed by atoms with Gasteiger partial charge in [-0.15, -0.1) is 0 Å². The summed E-state index contributed by atoms with van der Waals surface area (Å²) in [5.74, 6) is 0.711. The summed E-state index contributed by atoms with van der Waals surface area (Å²) in [6, 6.07) is 1.83. The second kappa shape index (κ2) is 11.0. The summed E-state index contributed by atoms with van der Waals surface area (Å²) in [7, 11) is 1.82. The Hall–Kier alpha value is -1.07. The highest BCUT2D eigenvalue weighted by Crippen LogP contribution is 2.03. The summed E-state index contributed by atoms with van der Waals surface area (Å²) in [6.07, 6.45) is 7.66. The molecule has 1 aromatic heterocycles. The molecule has 5 nitrogen and oxygen atoms in total. The van der Waals surface area contributed by atoms with Crippen LogP contribution < -0.4 is 11.2 Å². The molecule has 0 aromatic carbocycles. The Labute approximate surface area is 113 Å². The van der Waals surface area contributed by atoms with E-state index in [1.54, 1.807) is 4.68 Å². The fourth-order valence-corrected chi connectivity index (χ4v) is 1.62. The largest absolute Gasteiger partial charge is 0.384 e. The third-order valence-corrected chi connectivity index (χ3v) is 2.68. The van der Waals surface area contributed by atoms with Gasteiger partial charge in [-0.25, -0.2) is 5.48 Å². The van der Waals surface area contributed by atoms with Gasteiger partial charge < -0.3 is 10.9 Å². The van der Waals surface area contributed by atoms with Crippen LogP contribution in [-0.2, 0) is 7.05 Å². The molecule has 0 aliphatic rings. The second-order valence-corrected chi connectivity index (χ2v) is 4.51. The molecule has 5 heteroatoms. The van der Waals surface area contributed by atoms with Gasteiger partial charge in [0.2, 0.25) is 0 Å². The van der Waals surface area contributed by atoms with Crippen molar-refractivity contribution >= 4 is 5.82 Å². The molecule has 0 aliphatic heterocycles. The van der Waals surface area contributed by atoms with Crippen LogP contribution in [0.15, 0.2) is 6.07 Å². The van der Waals surface area contributed by atoms with E-state index in [9.17, 15) is 0 Å². The number of aromatic nitrogens is 2. The van der Waals surface area contributed by atoms with Gasteiger partial charge in [-0.3, -0.25) is 4.68 Å². The van der Waals surface area contributed by atoms with Crippen LogP contribution in [0.2, 0.25) is 0 Å². The molecule has 4 N–H and O–H groups in total. The molecule has 0 saturated carbocycles. The number of nitrogens with two attached hydrogens (primary N) is 1. The lowest BCUT2D eigenvalue weighted by Crippen LogP contribution is -2.07. The lowest BCUT2D eigenvalue weighted by atomic mass is 10.1. The standard InChI is InChI=1S/C8H19NO.C5H9N3.2H2/c1-2-3-4-5-6-7-8-9-10;1-4-3-5(6)8(2)7-4;;/h9-10H,2-8H2,1H3;3H,6H2,1-2H3;2*1H. The zero-order valence-electron chi connectivity index (χ0n) is 11.9. The fourth-order valence-electron chi connectivity index (χ4n) is 1.62. The molecule has 110 valence electrons. The van der Waals surface area contributed by atoms with Gasteiger partial charge in [-0.1, -0.05) is 39.0 Å². The first-order valence-electron chi connectivity index (χ1n) is 6.74. The quantitative estimate of drug-likeness (QED) is 0.520. The third-order valence-electron chi connectivity index (χ3n) is 2.68. The SMILES string of the molecule is CCCCCCCCNO.Cc1cc(N)n(C)n1.[HH].[HH]. The van der Waals surface area contributed by atoms with E-state index in [4.69, 9.17) is 10.9 Å². The van der Waals surface area contributed by atoms with Gasteiger partial charge in [0.15, 0.2) is 0 Å². The lowest BCUT2D eigenvalue weighted by molar-refractivity contribution is 0.164. The maximum Gasteiger partial charge on any atom is 0.121 e. The van der Waals surface area contributed by atoms with Crippen molar-refractivity contribution in [1.82, 2.24) is 15.3 Å². The highest BCUT2D eigenvalue weighted by Gasteiger charge is 1.92. The lowest BCUT2D eigenvalue weighted by Gasteiger charge is -1.98. The van der Waals surface area contributed by atoms with Gasteiger partial charge in [0.25, 0.3) is 0 Å². The summed E-state index contributed by atoms with van der Waals surface area (Å²) < 4.78 is 1.65. The molecule has 1 aromatic rings. The van der Waals surface area contributed by atoms with E-state index in [0.717, 1.165) is 18.7 Å². The maximum absolute atomic E-state index is 8.22. The number of nitrogens with one attached hydrogen (secondary N) is 1. The smallest absolute Gasteiger partial charge is 0.121 e. The van der Waals surface area contributed by atoms with E-state index in [0.29, 0.717) is 5.82 Å². The summed E-state index contributed by atoms with van der Waals surface area (Å²) in [4.78, 5) is 0. The molecule has 1 heterocycles. The summed E-state index contributed by atoms with van der Waals surface area (Å²) >= 11 is 0. The Bertz CT molecular complexity index is 281. The van der Waals surface area contributed by atoms with Crippen molar-refractivity contribution in [2.75, 3.05) is 12.3 Å². The van der Waals surface area contributed by atoms with Crippen molar-refractivity contribution in [2.45, 2.75) is 52.4 Å². The van der Waals surface area contributed by atoms with Gasteiger partial charge in [0, 0.05) is 22.5 Å². The van der Waals surface area contributed by atoms with Gasteiger partial charge in [0.05, 0.1) is 5.69 Å². The van der Waals surface area contributed by atoms with Crippen LogP contribution in [0.4, 0.5) is 5.82 Å². The normalized spacial score (nSPS) is 10.0. The van der Waals surface area contributed by atoms with Crippen LogP contribution in [0.3, 0.4) is 0 Å². The average molecular weight is 260 g/mol. The molecule has 0 atom stereocenters. The van der Waals surface area contributed by atoms with E-state index < -0.39 is 0 Å². The van der Waals surface area contributed by atoms with E-state index in [1.807, 2.05) is 20.0 Å². The summed E-state index contributed by atoms with van der Waals surface area (Å²) in [6.45, 7) is 4.87. The number of hydroxylamine groups is 1. The van der Waals surface area contributed by atoms with Crippen LogP contribution in [0.1, 0.15) is 54.0 Å². The minimum atomic E-state index is 0. The van der Waals surface area contributed by atoms with Crippen molar-refractivity contribution in [3.8, 4) is 0 Å². The van der Waals surface area contributed by atoms with Crippen molar-refractivity contribution in [1.29, 1.82) is 0 Å². The Morgan fingerprint density at radius 1 is 1.33 bits per heavy atom. The van der Waals surface area contributed by atoms with Crippen LogP contribution in [0.25, 0.3) is 0 Å². The molecule has 0 unspecified atom stereocenters. The molecule has 1 rings (SSSR count). The van der Waals surface area contributed by atoms with E-state index >= 15 is 0 Å². The Morgan fingerprint density at radius 2 is 1.94 bits per heavy atom. The third kappa shape index (κ3) is 9.01. The predicted octanol–water partition coefficient (Wildman–Crippen LogP) is 3.13. The van der Waals surface area contributed by atoms with Gasteiger partial charge in [-0.2, -0.15) is 5.10 Å². The van der Waals surface area contributed by atoms with E-state index in [1.165, 1.54) is 32.1 Å². The first-order chi connectivity index (χ1) is 8.61. The summed E-state index contributed by atoms with van der Waals surface area (Å²) in [5.41, 5.74) is 8.56. The van der Waals surface area contributed by atoms with E-state index in [-0.39, 0.29) is 2.85 Å². The highest BCUT2D eigenvalue weighted by molar-refractivity contribution is 5.29. The maximum atomic E-state index is 8.22. The van der Waals surface area contributed by atoms with Crippen molar-refractivity contribution < 1.29 is 8.06 Å². The number of rotatable bonds is 7. The van der Waals surface area contributed by atoms with Crippen molar-refractivity contribution in [3.05, 3.63) is 11.8 Å². The molecular formula is C13H32N4O. The monoisotopic (exact) mass is 260 g/mol. The highest BCUT2D eigenvalue weighted by atomic mass is 16.5. The zero-order chi connectivity index (χ0) is 13.8. The Morgan fingerprint density at radius 3 is 2.33 bits per heavy atom. The Kier molecular flexibility index (Phi) is 10.4. The fraction of sp³-hybridized carbons (Fsp3) is 0.769. The summed E-state index contributed by atoms with van der Waals surface area (Å²) in [5, 5.41) is 12.2. The van der Waals surface area contributed by atoms with Crippen LogP contribution in [0, 0.1) is 6.92 Å². The average Bonchev–Trinajstić information content (AvgIpc) is 2.62. The molecule has 18 heavy (non-hydrogen) atoms. The number of hydrogen-bond acceptors (Lipinski definition) is 4. The number of aryl methyl sites for hydroxylation is 2. The molecule has 0 aliphatic carbocycles. The number of nitrogens with zero attached hydrogens (tertiary/aromatic N) is 2. The minimum Gasteiger partial charge on any atom is -0.384 e. The molecule has 0 fully saturated rings. The number of anilines is 1. The molecule has 0 amide bonds.